The van der Waals surface area contributed by atoms with E-state index in [4.69, 9.17) is 0 Å². The smallest absolute Gasteiger partial charge is 0.0314 e. The van der Waals surface area contributed by atoms with Gasteiger partial charge in [-0.2, -0.15) is 0 Å². The summed E-state index contributed by atoms with van der Waals surface area (Å²) in [5.41, 5.74) is 2.16. The van der Waals surface area contributed by atoms with Crippen LogP contribution in [0.5, 0.6) is 0 Å². The largest absolute Gasteiger partial charge is 0.305 e. The van der Waals surface area contributed by atoms with Crippen molar-refractivity contribution in [2.24, 2.45) is 0 Å². The molecule has 2 fully saturated rings. The van der Waals surface area contributed by atoms with E-state index in [0.29, 0.717) is 11.1 Å². The van der Waals surface area contributed by atoms with Crippen LogP contribution in [0.3, 0.4) is 0 Å². The van der Waals surface area contributed by atoms with Crippen molar-refractivity contribution in [3.05, 3.63) is 35.9 Å². The maximum Gasteiger partial charge on any atom is 0.0314 e. The molecule has 0 saturated carbocycles. The van der Waals surface area contributed by atoms with Crippen LogP contribution >= 0.6 is 0 Å². The van der Waals surface area contributed by atoms with Gasteiger partial charge in [0.2, 0.25) is 0 Å². The summed E-state index contributed by atoms with van der Waals surface area (Å²) in [5.74, 6) is 0. The van der Waals surface area contributed by atoms with E-state index in [2.05, 4.69) is 54.4 Å². The quantitative estimate of drug-likeness (QED) is 0.876. The van der Waals surface area contributed by atoms with Crippen molar-refractivity contribution in [3.8, 4) is 0 Å². The van der Waals surface area contributed by atoms with Gasteiger partial charge in [0.05, 0.1) is 0 Å². The lowest BCUT2D eigenvalue weighted by Gasteiger charge is -2.42. The highest BCUT2D eigenvalue weighted by molar-refractivity contribution is 5.15. The van der Waals surface area contributed by atoms with E-state index in [9.17, 15) is 0 Å². The van der Waals surface area contributed by atoms with Crippen molar-refractivity contribution in [1.82, 2.24) is 10.2 Å². The van der Waals surface area contributed by atoms with Gasteiger partial charge < -0.3 is 5.32 Å². The second-order valence-corrected chi connectivity index (χ2v) is 7.09. The highest BCUT2D eigenvalue weighted by atomic mass is 15.2. The van der Waals surface area contributed by atoms with Gasteiger partial charge >= 0.3 is 0 Å². The van der Waals surface area contributed by atoms with Gasteiger partial charge in [-0.25, -0.2) is 0 Å². The van der Waals surface area contributed by atoms with Gasteiger partial charge in [-0.15, -0.1) is 0 Å². The first-order chi connectivity index (χ1) is 9.07. The first-order valence-electron chi connectivity index (χ1n) is 7.63. The molecule has 104 valence electrons. The third-order valence-corrected chi connectivity index (χ3v) is 4.74. The Morgan fingerprint density at radius 1 is 1.11 bits per heavy atom. The molecule has 1 atom stereocenters. The molecule has 1 aromatic carbocycles. The Balaban J connectivity index is 1.66. The standard InChI is InChI=1S/C17H26N2/c1-16(2)10-11-17(18-16)9-6-12-19(14-17)13-15-7-4-3-5-8-15/h3-5,7-8,18H,6,9-14H2,1-2H3. The first-order valence-corrected chi connectivity index (χ1v) is 7.63. The fraction of sp³-hybridized carbons (Fsp3) is 0.647. The molecular weight excluding hydrogens is 232 g/mol. The van der Waals surface area contributed by atoms with Crippen molar-refractivity contribution >= 4 is 0 Å². The Labute approximate surface area is 117 Å². The van der Waals surface area contributed by atoms with Crippen LogP contribution in [0, 0.1) is 0 Å². The molecule has 1 aromatic rings. The molecule has 1 unspecified atom stereocenters. The Morgan fingerprint density at radius 3 is 2.58 bits per heavy atom. The van der Waals surface area contributed by atoms with Crippen LogP contribution < -0.4 is 5.32 Å². The van der Waals surface area contributed by atoms with Crippen molar-refractivity contribution in [3.63, 3.8) is 0 Å². The molecule has 0 bridgehead atoms. The van der Waals surface area contributed by atoms with Gasteiger partial charge in [0.15, 0.2) is 0 Å². The molecule has 3 rings (SSSR count). The Hall–Kier alpha value is -0.860. The van der Waals surface area contributed by atoms with E-state index in [0.717, 1.165) is 6.54 Å². The summed E-state index contributed by atoms with van der Waals surface area (Å²) in [6.45, 7) is 8.25. The molecule has 2 aliphatic rings. The van der Waals surface area contributed by atoms with Crippen molar-refractivity contribution in [2.45, 2.75) is 57.2 Å². The van der Waals surface area contributed by atoms with Gasteiger partial charge in [-0.05, 0) is 51.6 Å². The van der Waals surface area contributed by atoms with Gasteiger partial charge in [0.1, 0.15) is 0 Å². The van der Waals surface area contributed by atoms with Crippen LogP contribution in [-0.2, 0) is 6.54 Å². The van der Waals surface area contributed by atoms with Gasteiger partial charge in [-0.1, -0.05) is 30.3 Å². The molecule has 2 aliphatic heterocycles. The molecule has 19 heavy (non-hydrogen) atoms. The van der Waals surface area contributed by atoms with E-state index < -0.39 is 0 Å². The summed E-state index contributed by atoms with van der Waals surface area (Å²) < 4.78 is 0. The molecule has 0 aliphatic carbocycles. The van der Waals surface area contributed by atoms with E-state index >= 15 is 0 Å². The lowest BCUT2D eigenvalue weighted by molar-refractivity contribution is 0.120. The highest BCUT2D eigenvalue weighted by Gasteiger charge is 2.44. The average molecular weight is 258 g/mol. The topological polar surface area (TPSA) is 15.3 Å². The molecule has 0 amide bonds. The van der Waals surface area contributed by atoms with Crippen molar-refractivity contribution in [1.29, 1.82) is 0 Å². The number of nitrogens with zero attached hydrogens (tertiary/aromatic N) is 1. The van der Waals surface area contributed by atoms with E-state index in [1.165, 1.54) is 44.3 Å². The second kappa shape index (κ2) is 4.92. The summed E-state index contributed by atoms with van der Waals surface area (Å²) in [6, 6.07) is 10.9. The summed E-state index contributed by atoms with van der Waals surface area (Å²) in [7, 11) is 0. The molecule has 0 aromatic heterocycles. The van der Waals surface area contributed by atoms with E-state index in [1.807, 2.05) is 0 Å². The van der Waals surface area contributed by atoms with Crippen molar-refractivity contribution in [2.75, 3.05) is 13.1 Å². The summed E-state index contributed by atoms with van der Waals surface area (Å²) in [4.78, 5) is 2.63. The molecule has 1 N–H and O–H groups in total. The lowest BCUT2D eigenvalue weighted by Crippen LogP contribution is -2.56. The number of likely N-dealkylation sites (tertiary alicyclic amines) is 1. The summed E-state index contributed by atoms with van der Waals surface area (Å²) >= 11 is 0. The number of hydrogen-bond donors (Lipinski definition) is 1. The predicted molar refractivity (Wildman–Crippen MR) is 80.1 cm³/mol. The lowest BCUT2D eigenvalue weighted by atomic mass is 9.87. The van der Waals surface area contributed by atoms with Gasteiger partial charge in [0, 0.05) is 24.2 Å². The third-order valence-electron chi connectivity index (χ3n) is 4.74. The zero-order valence-electron chi connectivity index (χ0n) is 12.3. The second-order valence-electron chi connectivity index (χ2n) is 7.09. The minimum Gasteiger partial charge on any atom is -0.305 e. The zero-order chi connectivity index (χ0) is 13.3. The number of hydrogen-bond acceptors (Lipinski definition) is 2. The predicted octanol–water partition coefficient (Wildman–Crippen LogP) is 3.18. The molecule has 2 heteroatoms. The Kier molecular flexibility index (Phi) is 3.40. The number of benzene rings is 1. The number of rotatable bonds is 2. The van der Waals surface area contributed by atoms with Gasteiger partial charge in [-0.3, -0.25) is 4.90 Å². The fourth-order valence-electron chi connectivity index (χ4n) is 3.90. The molecule has 2 heterocycles. The maximum atomic E-state index is 3.92. The van der Waals surface area contributed by atoms with Crippen LogP contribution in [0.2, 0.25) is 0 Å². The highest BCUT2D eigenvalue weighted by Crippen LogP contribution is 2.36. The van der Waals surface area contributed by atoms with Crippen molar-refractivity contribution < 1.29 is 0 Å². The minimum atomic E-state index is 0.329. The zero-order valence-corrected chi connectivity index (χ0v) is 12.3. The molecular formula is C17H26N2. The summed E-state index contributed by atoms with van der Waals surface area (Å²) in [6.07, 6.45) is 5.33. The minimum absolute atomic E-state index is 0.329. The number of nitrogens with one attached hydrogen (secondary N) is 1. The van der Waals surface area contributed by atoms with Crippen LogP contribution in [0.15, 0.2) is 30.3 Å². The SMILES string of the molecule is CC1(C)CCC2(CCCN(Cc3ccccc3)C2)N1. The normalized spacial score (nSPS) is 30.8. The van der Waals surface area contributed by atoms with Crippen LogP contribution in [-0.4, -0.2) is 29.1 Å². The van der Waals surface area contributed by atoms with E-state index in [1.54, 1.807) is 0 Å². The molecule has 0 radical (unpaired) electrons. The Bertz CT molecular complexity index is 426. The van der Waals surface area contributed by atoms with Gasteiger partial charge in [0.25, 0.3) is 0 Å². The van der Waals surface area contributed by atoms with E-state index in [-0.39, 0.29) is 0 Å². The van der Waals surface area contributed by atoms with Crippen LogP contribution in [0.4, 0.5) is 0 Å². The monoisotopic (exact) mass is 258 g/mol. The maximum absolute atomic E-state index is 3.92. The van der Waals surface area contributed by atoms with Crippen LogP contribution in [0.25, 0.3) is 0 Å². The molecule has 2 saturated heterocycles. The first kappa shape index (κ1) is 13.1. The molecule has 1 spiro atoms. The third kappa shape index (κ3) is 3.01. The average Bonchev–Trinajstić information content (AvgIpc) is 2.66. The Morgan fingerprint density at radius 2 is 1.89 bits per heavy atom. The number of piperidine rings is 1. The fourth-order valence-corrected chi connectivity index (χ4v) is 3.90. The van der Waals surface area contributed by atoms with Crippen LogP contribution in [0.1, 0.15) is 45.1 Å². The summed E-state index contributed by atoms with van der Waals surface area (Å²) in [5, 5.41) is 3.92. The molecule has 2 nitrogen and oxygen atoms in total.